The van der Waals surface area contributed by atoms with Crippen molar-refractivity contribution >= 4 is 5.84 Å². The van der Waals surface area contributed by atoms with Gasteiger partial charge in [0.15, 0.2) is 0 Å². The lowest BCUT2D eigenvalue weighted by Crippen LogP contribution is -2.27. The first kappa shape index (κ1) is 10.5. The number of aliphatic hydroxyl groups is 1. The first-order valence-corrected chi connectivity index (χ1v) is 5.19. The monoisotopic (exact) mass is 184 g/mol. The van der Waals surface area contributed by atoms with Crippen LogP contribution in [0.3, 0.4) is 0 Å². The van der Waals surface area contributed by atoms with Gasteiger partial charge in [0.1, 0.15) is 11.9 Å². The molecule has 0 aliphatic carbocycles. The molecule has 0 aromatic heterocycles. The van der Waals surface area contributed by atoms with E-state index in [0.717, 1.165) is 6.42 Å². The standard InChI is InChI=1S/C10H20N2O/c1-3-4-5-6-8-7(2)9(13)10(11)12-8/h7-9,13H,3-6H2,1-2H3,(H2,11,12)/t7-,8-,9-/m0/s1. The van der Waals surface area contributed by atoms with Crippen LogP contribution in [0.4, 0.5) is 0 Å². The van der Waals surface area contributed by atoms with Crippen molar-refractivity contribution < 1.29 is 5.11 Å². The Morgan fingerprint density at radius 2 is 2.15 bits per heavy atom. The molecule has 0 aromatic carbocycles. The van der Waals surface area contributed by atoms with Gasteiger partial charge in [0.25, 0.3) is 0 Å². The summed E-state index contributed by atoms with van der Waals surface area (Å²) in [6, 6.07) is 0.314. The molecule has 0 spiro atoms. The van der Waals surface area contributed by atoms with Gasteiger partial charge in [0.2, 0.25) is 0 Å². The Kier molecular flexibility index (Phi) is 3.72. The number of hydrogen-bond donors (Lipinski definition) is 3. The van der Waals surface area contributed by atoms with Gasteiger partial charge in [-0.05, 0) is 6.42 Å². The Morgan fingerprint density at radius 1 is 1.46 bits per heavy atom. The zero-order valence-electron chi connectivity index (χ0n) is 8.51. The third kappa shape index (κ3) is 2.44. The molecule has 1 fully saturated rings. The molecule has 0 amide bonds. The van der Waals surface area contributed by atoms with E-state index in [1.165, 1.54) is 19.3 Å². The molecule has 3 atom stereocenters. The first-order valence-electron chi connectivity index (χ1n) is 5.19. The van der Waals surface area contributed by atoms with E-state index in [9.17, 15) is 5.11 Å². The SMILES string of the molecule is CCCCC[C@@H]1NC(=N)[C@@H](O)[C@H]1C. The highest BCUT2D eigenvalue weighted by atomic mass is 16.3. The number of hydrogen-bond acceptors (Lipinski definition) is 2. The van der Waals surface area contributed by atoms with Crippen LogP contribution in [0.2, 0.25) is 0 Å². The van der Waals surface area contributed by atoms with Crippen molar-refractivity contribution in [3.05, 3.63) is 0 Å². The van der Waals surface area contributed by atoms with E-state index < -0.39 is 6.10 Å². The van der Waals surface area contributed by atoms with Gasteiger partial charge in [0, 0.05) is 12.0 Å². The average molecular weight is 184 g/mol. The minimum atomic E-state index is -0.563. The summed E-state index contributed by atoms with van der Waals surface area (Å²) >= 11 is 0. The molecule has 0 aromatic rings. The van der Waals surface area contributed by atoms with Crippen LogP contribution in [0.15, 0.2) is 0 Å². The topological polar surface area (TPSA) is 56.1 Å². The maximum absolute atomic E-state index is 9.51. The van der Waals surface area contributed by atoms with Gasteiger partial charge in [-0.15, -0.1) is 0 Å². The minimum absolute atomic E-state index is 0.198. The molecule has 0 unspecified atom stereocenters. The highest BCUT2D eigenvalue weighted by molar-refractivity contribution is 5.86. The predicted molar refractivity (Wildman–Crippen MR) is 54.0 cm³/mol. The van der Waals surface area contributed by atoms with Gasteiger partial charge in [-0.3, -0.25) is 5.41 Å². The molecule has 3 N–H and O–H groups in total. The van der Waals surface area contributed by atoms with Gasteiger partial charge >= 0.3 is 0 Å². The Morgan fingerprint density at radius 3 is 2.62 bits per heavy atom. The van der Waals surface area contributed by atoms with E-state index in [0.29, 0.717) is 11.9 Å². The smallest absolute Gasteiger partial charge is 0.123 e. The second-order valence-electron chi connectivity index (χ2n) is 3.96. The van der Waals surface area contributed by atoms with Gasteiger partial charge in [-0.2, -0.15) is 0 Å². The lowest BCUT2D eigenvalue weighted by atomic mass is 9.96. The molecule has 13 heavy (non-hydrogen) atoms. The number of amidine groups is 1. The van der Waals surface area contributed by atoms with E-state index in [1.54, 1.807) is 0 Å². The largest absolute Gasteiger partial charge is 0.385 e. The summed E-state index contributed by atoms with van der Waals surface area (Å²) in [5.74, 6) is 0.498. The third-order valence-corrected chi connectivity index (χ3v) is 2.89. The summed E-state index contributed by atoms with van der Waals surface area (Å²) in [6.45, 7) is 4.19. The quantitative estimate of drug-likeness (QED) is 0.580. The van der Waals surface area contributed by atoms with Crippen LogP contribution in [-0.2, 0) is 0 Å². The van der Waals surface area contributed by atoms with Crippen molar-refractivity contribution in [3.63, 3.8) is 0 Å². The van der Waals surface area contributed by atoms with Crippen LogP contribution < -0.4 is 5.32 Å². The van der Waals surface area contributed by atoms with Crippen LogP contribution >= 0.6 is 0 Å². The van der Waals surface area contributed by atoms with E-state index in [-0.39, 0.29) is 5.92 Å². The van der Waals surface area contributed by atoms with E-state index in [4.69, 9.17) is 5.41 Å². The summed E-state index contributed by atoms with van der Waals surface area (Å²) in [5.41, 5.74) is 0. The van der Waals surface area contributed by atoms with Crippen LogP contribution in [0, 0.1) is 11.3 Å². The van der Waals surface area contributed by atoms with Gasteiger partial charge < -0.3 is 10.4 Å². The van der Waals surface area contributed by atoms with Crippen LogP contribution in [0.25, 0.3) is 0 Å². The molecular weight excluding hydrogens is 164 g/mol. The van der Waals surface area contributed by atoms with Crippen molar-refractivity contribution in [2.45, 2.75) is 51.7 Å². The molecular formula is C10H20N2O. The van der Waals surface area contributed by atoms with Gasteiger partial charge in [0.05, 0.1) is 0 Å². The van der Waals surface area contributed by atoms with E-state index in [1.807, 2.05) is 6.92 Å². The van der Waals surface area contributed by atoms with Gasteiger partial charge in [-0.1, -0.05) is 33.1 Å². The van der Waals surface area contributed by atoms with E-state index in [2.05, 4.69) is 12.2 Å². The molecule has 1 saturated heterocycles. The number of nitrogens with one attached hydrogen (secondary N) is 2. The van der Waals surface area contributed by atoms with Crippen LogP contribution in [0.5, 0.6) is 0 Å². The zero-order chi connectivity index (χ0) is 9.84. The van der Waals surface area contributed by atoms with Crippen molar-refractivity contribution in [3.8, 4) is 0 Å². The number of aliphatic hydroxyl groups excluding tert-OH is 1. The highest BCUT2D eigenvalue weighted by Gasteiger charge is 2.34. The fourth-order valence-electron chi connectivity index (χ4n) is 1.85. The lowest BCUT2D eigenvalue weighted by molar-refractivity contribution is 0.179. The van der Waals surface area contributed by atoms with Crippen LogP contribution in [-0.4, -0.2) is 23.1 Å². The minimum Gasteiger partial charge on any atom is -0.385 e. The summed E-state index contributed by atoms with van der Waals surface area (Å²) in [5, 5.41) is 20.0. The number of unbranched alkanes of at least 4 members (excludes halogenated alkanes) is 2. The normalized spacial score (nSPS) is 33.5. The average Bonchev–Trinajstić information content (AvgIpc) is 2.34. The maximum atomic E-state index is 9.51. The summed E-state index contributed by atoms with van der Waals surface area (Å²) in [7, 11) is 0. The Labute approximate surface area is 80.0 Å². The van der Waals surface area contributed by atoms with Gasteiger partial charge in [-0.25, -0.2) is 0 Å². The molecule has 3 nitrogen and oxygen atoms in total. The summed E-state index contributed by atoms with van der Waals surface area (Å²) < 4.78 is 0. The predicted octanol–water partition coefficient (Wildman–Crippen LogP) is 1.51. The molecule has 1 heterocycles. The molecule has 0 radical (unpaired) electrons. The fraction of sp³-hybridized carbons (Fsp3) is 0.900. The molecule has 3 heteroatoms. The molecule has 1 rings (SSSR count). The van der Waals surface area contributed by atoms with Crippen molar-refractivity contribution in [1.29, 1.82) is 5.41 Å². The molecule has 0 bridgehead atoms. The van der Waals surface area contributed by atoms with Crippen molar-refractivity contribution in [2.75, 3.05) is 0 Å². The summed E-state index contributed by atoms with van der Waals surface area (Å²) in [4.78, 5) is 0. The Balaban J connectivity index is 2.31. The maximum Gasteiger partial charge on any atom is 0.123 e. The Bertz CT molecular complexity index is 182. The third-order valence-electron chi connectivity index (χ3n) is 2.89. The lowest BCUT2D eigenvalue weighted by Gasteiger charge is -2.15. The number of rotatable bonds is 4. The molecule has 76 valence electrons. The van der Waals surface area contributed by atoms with Crippen molar-refractivity contribution in [1.82, 2.24) is 5.32 Å². The second-order valence-corrected chi connectivity index (χ2v) is 3.96. The fourth-order valence-corrected chi connectivity index (χ4v) is 1.85. The zero-order valence-corrected chi connectivity index (χ0v) is 8.51. The highest BCUT2D eigenvalue weighted by Crippen LogP contribution is 2.21. The van der Waals surface area contributed by atoms with E-state index >= 15 is 0 Å². The Hall–Kier alpha value is -0.570. The molecule has 0 saturated carbocycles. The second kappa shape index (κ2) is 4.61. The van der Waals surface area contributed by atoms with Crippen LogP contribution in [0.1, 0.15) is 39.5 Å². The van der Waals surface area contributed by atoms with Crippen molar-refractivity contribution in [2.24, 2.45) is 5.92 Å². The summed E-state index contributed by atoms with van der Waals surface area (Å²) in [6.07, 6.45) is 4.18. The molecule has 1 aliphatic heterocycles. The first-order chi connectivity index (χ1) is 6.16. The molecule has 1 aliphatic rings.